The van der Waals surface area contributed by atoms with Crippen LogP contribution in [0.25, 0.3) is 0 Å². The van der Waals surface area contributed by atoms with E-state index in [1.165, 1.54) is 0 Å². The second-order valence-corrected chi connectivity index (χ2v) is 6.58. The van der Waals surface area contributed by atoms with Gasteiger partial charge in [0.1, 0.15) is 0 Å². The topological polar surface area (TPSA) is 0 Å². The Bertz CT molecular complexity index is 8.00. The first-order chi connectivity index (χ1) is 1.91. The summed E-state index contributed by atoms with van der Waals surface area (Å²) in [6.45, 7) is 0. The summed E-state index contributed by atoms with van der Waals surface area (Å²) in [5.74, 6) is 0. The summed E-state index contributed by atoms with van der Waals surface area (Å²) in [6, 6.07) is 0. The zero-order valence-corrected chi connectivity index (χ0v) is 6.91. The molecule has 0 heterocycles. The summed E-state index contributed by atoms with van der Waals surface area (Å²) in [7, 11) is 0. The first-order valence-corrected chi connectivity index (χ1v) is 9.02. The second kappa shape index (κ2) is 4.75. The van der Waals surface area contributed by atoms with E-state index in [0.29, 0.717) is 17.2 Å². The monoisotopic (exact) mass is 303 g/mol. The first kappa shape index (κ1) is 5.75. The molecule has 0 aliphatic carbocycles. The maximum absolute atomic E-state index is 5.23. The van der Waals surface area contributed by atoms with Crippen molar-refractivity contribution in [3.8, 4) is 0 Å². The molecule has 0 radical (unpaired) electrons. The normalized spacial score (nSPS) is 8.50. The molecular formula is CH2ClI2-. The van der Waals surface area contributed by atoms with Crippen LogP contribution < -0.4 is 17.2 Å². The number of hydrogen-bond acceptors (Lipinski definition) is 0. The van der Waals surface area contributed by atoms with E-state index in [-0.39, 0.29) is 0 Å². The fourth-order valence-electron chi connectivity index (χ4n) is 0. The van der Waals surface area contributed by atoms with Gasteiger partial charge in [0.05, 0.1) is 0 Å². The Labute approximate surface area is 50.7 Å². The van der Waals surface area contributed by atoms with Crippen LogP contribution in [0.5, 0.6) is 0 Å². The van der Waals surface area contributed by atoms with Crippen LogP contribution in [-0.4, -0.2) is 3.89 Å². The SMILES string of the molecule is ClC[I-]I. The molecule has 0 N–H and O–H groups in total. The molecule has 0 amide bonds. The van der Waals surface area contributed by atoms with Gasteiger partial charge in [-0.2, -0.15) is 0 Å². The van der Waals surface area contributed by atoms with Gasteiger partial charge in [-0.05, 0) is 0 Å². The third kappa shape index (κ3) is 3.75. The summed E-state index contributed by atoms with van der Waals surface area (Å²) >= 11 is 7.90. The van der Waals surface area contributed by atoms with Gasteiger partial charge in [0.15, 0.2) is 0 Å². The van der Waals surface area contributed by atoms with Crippen LogP contribution in [0.4, 0.5) is 0 Å². The summed E-state index contributed by atoms with van der Waals surface area (Å²) < 4.78 is 0.888. The van der Waals surface area contributed by atoms with Crippen molar-refractivity contribution in [1.82, 2.24) is 0 Å². The van der Waals surface area contributed by atoms with Crippen molar-refractivity contribution in [2.75, 3.05) is 3.89 Å². The second-order valence-electron chi connectivity index (χ2n) is 0.202. The maximum atomic E-state index is 5.23. The minimum atomic E-state index is 0.346. The third-order valence-corrected chi connectivity index (χ3v) is 5.15. The van der Waals surface area contributed by atoms with Crippen molar-refractivity contribution in [3.05, 3.63) is 0 Å². The summed E-state index contributed by atoms with van der Waals surface area (Å²) in [6.07, 6.45) is 0. The third-order valence-electron chi connectivity index (χ3n) is 0.0382. The van der Waals surface area contributed by atoms with Gasteiger partial charge < -0.3 is 0 Å². The Morgan fingerprint density at radius 2 is 2.25 bits per heavy atom. The Hall–Kier alpha value is 1.75. The molecule has 0 bridgehead atoms. The molecule has 0 atom stereocenters. The summed E-state index contributed by atoms with van der Waals surface area (Å²) in [5.41, 5.74) is 0. The van der Waals surface area contributed by atoms with E-state index in [2.05, 4.69) is 18.6 Å². The molecule has 0 spiro atoms. The van der Waals surface area contributed by atoms with Gasteiger partial charge in [-0.1, -0.05) is 0 Å². The van der Waals surface area contributed by atoms with E-state index in [0.717, 1.165) is 3.89 Å². The van der Waals surface area contributed by atoms with Crippen LogP contribution in [0.1, 0.15) is 0 Å². The van der Waals surface area contributed by atoms with E-state index in [1.54, 1.807) is 0 Å². The van der Waals surface area contributed by atoms with Gasteiger partial charge in [-0.3, -0.25) is 0 Å². The molecule has 0 nitrogen and oxygen atoms in total. The molecule has 0 aromatic carbocycles. The summed E-state index contributed by atoms with van der Waals surface area (Å²) in [4.78, 5) is 0. The van der Waals surface area contributed by atoms with Gasteiger partial charge in [-0.15, -0.1) is 0 Å². The minimum absolute atomic E-state index is 0.346. The molecule has 0 rings (SSSR count). The van der Waals surface area contributed by atoms with Crippen molar-refractivity contribution in [2.24, 2.45) is 0 Å². The fraction of sp³-hybridized carbons (Fsp3) is 1.00. The van der Waals surface area contributed by atoms with Crippen molar-refractivity contribution >= 4 is 30.2 Å². The molecule has 4 heavy (non-hydrogen) atoms. The van der Waals surface area contributed by atoms with Crippen molar-refractivity contribution in [1.29, 1.82) is 0 Å². The van der Waals surface area contributed by atoms with Crippen LogP contribution in [0.15, 0.2) is 0 Å². The predicted molar refractivity (Wildman–Crippen MR) is 24.7 cm³/mol. The van der Waals surface area contributed by atoms with Crippen LogP contribution in [0, 0.1) is 0 Å². The average Bonchev–Trinajstić information content (AvgIpc) is 1.37. The molecule has 0 saturated carbocycles. The van der Waals surface area contributed by atoms with Crippen molar-refractivity contribution in [3.63, 3.8) is 0 Å². The van der Waals surface area contributed by atoms with E-state index >= 15 is 0 Å². The zero-order valence-electron chi connectivity index (χ0n) is 1.84. The molecule has 0 unspecified atom stereocenters. The van der Waals surface area contributed by atoms with E-state index in [1.807, 2.05) is 0 Å². The van der Waals surface area contributed by atoms with Crippen LogP contribution in [-0.2, 0) is 0 Å². The van der Waals surface area contributed by atoms with Gasteiger partial charge >= 0.3 is 51.3 Å². The van der Waals surface area contributed by atoms with Crippen LogP contribution in [0.2, 0.25) is 0 Å². The fourth-order valence-corrected chi connectivity index (χ4v) is 0. The first-order valence-electron chi connectivity index (χ1n) is 0.677. The summed E-state index contributed by atoms with van der Waals surface area (Å²) in [5, 5.41) is 0. The zero-order chi connectivity index (χ0) is 3.41. The number of alkyl halides is 2. The van der Waals surface area contributed by atoms with Crippen molar-refractivity contribution < 1.29 is 17.2 Å². The Balaban J connectivity index is 1.97. The van der Waals surface area contributed by atoms with Crippen LogP contribution in [0.3, 0.4) is 0 Å². The predicted octanol–water partition coefficient (Wildman–Crippen LogP) is -1.38. The van der Waals surface area contributed by atoms with Crippen molar-refractivity contribution in [2.45, 2.75) is 0 Å². The van der Waals surface area contributed by atoms with E-state index < -0.39 is 0 Å². The number of rotatable bonds is 1. The molecule has 0 aromatic rings. The Kier molecular flexibility index (Phi) is 6.83. The molecule has 28 valence electrons. The molecule has 0 aliphatic rings. The van der Waals surface area contributed by atoms with E-state index in [4.69, 9.17) is 11.6 Å². The van der Waals surface area contributed by atoms with E-state index in [9.17, 15) is 0 Å². The molecule has 3 heteroatoms. The van der Waals surface area contributed by atoms with Gasteiger partial charge in [0.25, 0.3) is 0 Å². The molecule has 0 saturated heterocycles. The standard InChI is InChI=1S/CH2ClI2/c2-1-4-3/h1H2/q-1. The molecule has 0 aliphatic heterocycles. The van der Waals surface area contributed by atoms with Crippen LogP contribution >= 0.6 is 30.2 Å². The number of halogens is 3. The number of hydrogen-bond donors (Lipinski definition) is 0. The Morgan fingerprint density at radius 3 is 2.25 bits per heavy atom. The molecule has 0 aromatic heterocycles. The van der Waals surface area contributed by atoms with Gasteiger partial charge in [-0.25, -0.2) is 0 Å². The Morgan fingerprint density at radius 1 is 2.00 bits per heavy atom. The van der Waals surface area contributed by atoms with Gasteiger partial charge in [0, 0.05) is 0 Å². The quantitative estimate of drug-likeness (QED) is 0.414. The molecular weight excluding hydrogens is 301 g/mol. The van der Waals surface area contributed by atoms with Gasteiger partial charge in [0.2, 0.25) is 0 Å². The molecule has 0 fully saturated rings. The average molecular weight is 303 g/mol.